The average Bonchev–Trinajstić information content (AvgIpc) is 2.24. The van der Waals surface area contributed by atoms with E-state index >= 15 is 0 Å². The number of ether oxygens (including phenoxy) is 1. The minimum atomic E-state index is -3.33. The maximum absolute atomic E-state index is 12.9. The van der Waals surface area contributed by atoms with E-state index in [1.807, 2.05) is 0 Å². The molecular weight excluding hydrogens is 324 g/mol. The standard InChI is InChI=1S/C9H5BrClF2NOS/c10-4-9(12,13)15-7-3-1-2-6(8(7)11)14-5-16/h1-3H,4H2. The number of nitrogens with zero attached hydrogens (tertiary/aromatic N) is 1. The van der Waals surface area contributed by atoms with Gasteiger partial charge in [0, 0.05) is 0 Å². The molecule has 7 heteroatoms. The fourth-order valence-electron chi connectivity index (χ4n) is 0.902. The lowest BCUT2D eigenvalue weighted by molar-refractivity contribution is -0.153. The summed E-state index contributed by atoms with van der Waals surface area (Å²) in [5.74, 6) is -0.155. The second-order valence-electron chi connectivity index (χ2n) is 2.67. The highest BCUT2D eigenvalue weighted by atomic mass is 79.9. The number of hydrogen-bond donors (Lipinski definition) is 0. The van der Waals surface area contributed by atoms with E-state index in [0.29, 0.717) is 0 Å². The van der Waals surface area contributed by atoms with Crippen LogP contribution in [-0.4, -0.2) is 16.6 Å². The normalized spacial score (nSPS) is 10.8. The van der Waals surface area contributed by atoms with Gasteiger partial charge in [-0.3, -0.25) is 0 Å². The number of rotatable bonds is 4. The quantitative estimate of drug-likeness (QED) is 0.463. The topological polar surface area (TPSA) is 21.6 Å². The number of aliphatic imine (C=N–C) groups is 1. The van der Waals surface area contributed by atoms with Crippen LogP contribution in [0.5, 0.6) is 5.75 Å². The van der Waals surface area contributed by atoms with Crippen molar-refractivity contribution in [2.45, 2.75) is 6.11 Å². The van der Waals surface area contributed by atoms with Crippen molar-refractivity contribution in [3.8, 4) is 5.75 Å². The van der Waals surface area contributed by atoms with Gasteiger partial charge in [-0.25, -0.2) is 0 Å². The summed E-state index contributed by atoms with van der Waals surface area (Å²) in [6, 6.07) is 4.32. The molecule has 0 spiro atoms. The van der Waals surface area contributed by atoms with Crippen LogP contribution in [0.4, 0.5) is 14.5 Å². The molecule has 0 fully saturated rings. The molecule has 86 valence electrons. The van der Waals surface area contributed by atoms with Crippen molar-refractivity contribution in [1.29, 1.82) is 0 Å². The highest BCUT2D eigenvalue weighted by Gasteiger charge is 2.30. The summed E-state index contributed by atoms with van der Waals surface area (Å²) in [6.07, 6.45) is -3.33. The zero-order valence-electron chi connectivity index (χ0n) is 7.71. The van der Waals surface area contributed by atoms with Gasteiger partial charge in [-0.1, -0.05) is 33.6 Å². The molecule has 0 saturated heterocycles. The predicted octanol–water partition coefficient (Wildman–Crippen LogP) is 4.44. The van der Waals surface area contributed by atoms with Crippen molar-refractivity contribution in [2.24, 2.45) is 4.99 Å². The number of benzene rings is 1. The SMILES string of the molecule is FC(F)(CBr)Oc1cccc(N=C=S)c1Cl. The highest BCUT2D eigenvalue weighted by Crippen LogP contribution is 2.36. The monoisotopic (exact) mass is 327 g/mol. The molecule has 1 aromatic carbocycles. The van der Waals surface area contributed by atoms with Crippen LogP contribution in [0.3, 0.4) is 0 Å². The third kappa shape index (κ3) is 3.49. The second kappa shape index (κ2) is 5.68. The van der Waals surface area contributed by atoms with Crippen LogP contribution in [0.15, 0.2) is 23.2 Å². The number of alkyl halides is 3. The van der Waals surface area contributed by atoms with E-state index in [4.69, 9.17) is 11.6 Å². The molecule has 1 aromatic rings. The van der Waals surface area contributed by atoms with Crippen molar-refractivity contribution in [2.75, 3.05) is 5.33 Å². The van der Waals surface area contributed by atoms with E-state index in [9.17, 15) is 8.78 Å². The zero-order chi connectivity index (χ0) is 12.2. The van der Waals surface area contributed by atoms with Gasteiger partial charge in [0.15, 0.2) is 0 Å². The average molecular weight is 329 g/mol. The largest absolute Gasteiger partial charge is 0.430 e. The first-order chi connectivity index (χ1) is 7.50. The molecule has 0 amide bonds. The first kappa shape index (κ1) is 13.5. The molecule has 0 N–H and O–H groups in total. The Hall–Kier alpha value is -0.550. The van der Waals surface area contributed by atoms with Crippen molar-refractivity contribution >= 4 is 50.6 Å². The number of thiocarbonyl (C=S) groups is 1. The molecule has 0 heterocycles. The van der Waals surface area contributed by atoms with Crippen LogP contribution >= 0.6 is 39.7 Å². The van der Waals surface area contributed by atoms with E-state index in [-0.39, 0.29) is 16.5 Å². The molecule has 0 bridgehead atoms. The van der Waals surface area contributed by atoms with E-state index in [1.54, 1.807) is 0 Å². The molecule has 0 aromatic heterocycles. The summed E-state index contributed by atoms with van der Waals surface area (Å²) in [5.41, 5.74) is 0.236. The van der Waals surface area contributed by atoms with Crippen LogP contribution in [0.25, 0.3) is 0 Å². The Morgan fingerprint density at radius 1 is 1.56 bits per heavy atom. The summed E-state index contributed by atoms with van der Waals surface area (Å²) in [5, 5.41) is 1.45. The van der Waals surface area contributed by atoms with Crippen molar-refractivity contribution in [3.05, 3.63) is 23.2 Å². The molecule has 0 aliphatic carbocycles. The van der Waals surface area contributed by atoms with Gasteiger partial charge in [0.25, 0.3) is 0 Å². The first-order valence-electron chi connectivity index (χ1n) is 3.99. The Morgan fingerprint density at radius 3 is 2.81 bits per heavy atom. The van der Waals surface area contributed by atoms with E-state index < -0.39 is 11.4 Å². The smallest absolute Gasteiger partial charge is 0.407 e. The predicted molar refractivity (Wildman–Crippen MR) is 65.5 cm³/mol. The minimum Gasteiger partial charge on any atom is -0.430 e. The van der Waals surface area contributed by atoms with Crippen LogP contribution < -0.4 is 4.74 Å². The van der Waals surface area contributed by atoms with Crippen molar-refractivity contribution < 1.29 is 13.5 Å². The molecule has 0 atom stereocenters. The number of hydrogen-bond acceptors (Lipinski definition) is 3. The molecule has 0 radical (unpaired) electrons. The lowest BCUT2D eigenvalue weighted by Crippen LogP contribution is -2.26. The second-order valence-corrected chi connectivity index (χ2v) is 3.79. The fourth-order valence-corrected chi connectivity index (χ4v) is 1.32. The number of halogens is 4. The summed E-state index contributed by atoms with van der Waals surface area (Å²) in [7, 11) is 0. The Bertz CT molecular complexity index is 438. The van der Waals surface area contributed by atoms with Crippen LogP contribution in [0, 0.1) is 0 Å². The molecule has 0 unspecified atom stereocenters. The summed E-state index contributed by atoms with van der Waals surface area (Å²) in [4.78, 5) is 3.62. The van der Waals surface area contributed by atoms with Crippen LogP contribution in [0.1, 0.15) is 0 Å². The molecule has 0 saturated carbocycles. The van der Waals surface area contributed by atoms with E-state index in [2.05, 4.69) is 43.0 Å². The summed E-state index contributed by atoms with van der Waals surface area (Å²) in [6.45, 7) is 0. The maximum Gasteiger partial charge on any atom is 0.407 e. The van der Waals surface area contributed by atoms with Crippen LogP contribution in [-0.2, 0) is 0 Å². The third-order valence-corrected chi connectivity index (χ3v) is 2.65. The first-order valence-corrected chi connectivity index (χ1v) is 5.90. The van der Waals surface area contributed by atoms with Gasteiger partial charge in [-0.05, 0) is 24.4 Å². The van der Waals surface area contributed by atoms with Gasteiger partial charge in [0.2, 0.25) is 0 Å². The van der Waals surface area contributed by atoms with Gasteiger partial charge in [0.1, 0.15) is 16.1 Å². The van der Waals surface area contributed by atoms with Gasteiger partial charge in [-0.15, -0.1) is 0 Å². The van der Waals surface area contributed by atoms with Crippen molar-refractivity contribution in [3.63, 3.8) is 0 Å². The maximum atomic E-state index is 12.9. The molecule has 16 heavy (non-hydrogen) atoms. The Labute approximate surface area is 109 Å². The fraction of sp³-hybridized carbons (Fsp3) is 0.222. The van der Waals surface area contributed by atoms with Gasteiger partial charge in [0.05, 0.1) is 10.8 Å². The Kier molecular flexibility index (Phi) is 4.80. The van der Waals surface area contributed by atoms with Gasteiger partial charge < -0.3 is 4.74 Å². The Balaban J connectivity index is 3.06. The minimum absolute atomic E-state index is 0.0273. The molecule has 2 nitrogen and oxygen atoms in total. The lowest BCUT2D eigenvalue weighted by atomic mass is 10.3. The molecule has 1 rings (SSSR count). The lowest BCUT2D eigenvalue weighted by Gasteiger charge is -2.16. The van der Waals surface area contributed by atoms with E-state index in [0.717, 1.165) is 0 Å². The Morgan fingerprint density at radius 2 is 2.25 bits per heavy atom. The summed E-state index contributed by atoms with van der Waals surface area (Å²) < 4.78 is 30.3. The molecule has 0 aliphatic heterocycles. The zero-order valence-corrected chi connectivity index (χ0v) is 10.9. The molecular formula is C9H5BrClF2NOS. The highest BCUT2D eigenvalue weighted by molar-refractivity contribution is 9.09. The third-order valence-electron chi connectivity index (χ3n) is 1.52. The number of isothiocyanates is 1. The van der Waals surface area contributed by atoms with Crippen LogP contribution in [0.2, 0.25) is 5.02 Å². The van der Waals surface area contributed by atoms with Gasteiger partial charge in [-0.2, -0.15) is 13.8 Å². The van der Waals surface area contributed by atoms with Gasteiger partial charge >= 0.3 is 6.11 Å². The molecule has 0 aliphatic rings. The summed E-state index contributed by atoms with van der Waals surface area (Å²) >= 11 is 12.8. The van der Waals surface area contributed by atoms with Crippen molar-refractivity contribution in [1.82, 2.24) is 0 Å². The van der Waals surface area contributed by atoms with E-state index in [1.165, 1.54) is 18.2 Å².